The quantitative estimate of drug-likeness (QED) is 0.428. The minimum Gasteiger partial charge on any atom is -0.465 e. The Morgan fingerprint density at radius 3 is 2.55 bits per heavy atom. The minimum atomic E-state index is -4.18. The average Bonchev–Trinajstić information content (AvgIpc) is 2.50. The Morgan fingerprint density at radius 2 is 2.05 bits per heavy atom. The fourth-order valence-electron chi connectivity index (χ4n) is 1.87. The average molecular weight is 330 g/mol. The molecule has 1 aromatic rings. The number of sulfonamides is 1. The molecule has 0 aliphatic rings. The second kappa shape index (κ2) is 7.32. The first kappa shape index (κ1) is 18.1. The largest absolute Gasteiger partial charge is 0.465 e. The van der Waals surface area contributed by atoms with Gasteiger partial charge in [-0.25, -0.2) is 17.5 Å². The van der Waals surface area contributed by atoms with E-state index >= 15 is 0 Å². The zero-order valence-corrected chi connectivity index (χ0v) is 13.4. The SMILES string of the molecule is CCCCN(C)S(=O)(=O)c1c(C(=O)OC)cccc1[N+](=O)[O-]. The van der Waals surface area contributed by atoms with Gasteiger partial charge in [-0.1, -0.05) is 19.4 Å². The van der Waals surface area contributed by atoms with Crippen molar-refractivity contribution in [2.75, 3.05) is 20.7 Å². The van der Waals surface area contributed by atoms with Crippen LogP contribution in [0.5, 0.6) is 0 Å². The standard InChI is InChI=1S/C13H18N2O6S/c1-4-5-9-14(2)22(19,20)12-10(13(16)21-3)7-6-8-11(12)15(17)18/h6-8H,4-5,9H2,1-3H3. The number of nitro benzene ring substituents is 1. The van der Waals surface area contributed by atoms with E-state index in [1.54, 1.807) is 0 Å². The summed E-state index contributed by atoms with van der Waals surface area (Å²) in [6, 6.07) is 3.49. The molecule has 0 aliphatic heterocycles. The summed E-state index contributed by atoms with van der Waals surface area (Å²) in [5.74, 6) is -0.939. The predicted octanol–water partition coefficient (Wildman–Crippen LogP) is 1.80. The molecule has 0 radical (unpaired) electrons. The van der Waals surface area contributed by atoms with E-state index in [1.807, 2.05) is 6.92 Å². The topological polar surface area (TPSA) is 107 Å². The predicted molar refractivity (Wildman–Crippen MR) is 79.2 cm³/mol. The zero-order valence-electron chi connectivity index (χ0n) is 12.6. The molecular weight excluding hydrogens is 312 g/mol. The van der Waals surface area contributed by atoms with Crippen LogP contribution in [0.4, 0.5) is 5.69 Å². The van der Waals surface area contributed by atoms with Crippen LogP contribution in [-0.4, -0.2) is 44.3 Å². The van der Waals surface area contributed by atoms with Crippen LogP contribution in [0, 0.1) is 10.1 Å². The van der Waals surface area contributed by atoms with Crippen molar-refractivity contribution in [3.8, 4) is 0 Å². The number of rotatable bonds is 7. The van der Waals surface area contributed by atoms with E-state index in [9.17, 15) is 23.3 Å². The molecule has 0 bridgehead atoms. The third kappa shape index (κ3) is 3.60. The number of ether oxygens (including phenoxy) is 1. The van der Waals surface area contributed by atoms with Crippen LogP contribution in [0.3, 0.4) is 0 Å². The molecule has 0 saturated carbocycles. The molecule has 0 aromatic heterocycles. The maximum absolute atomic E-state index is 12.6. The number of nitro groups is 1. The van der Waals surface area contributed by atoms with Crippen LogP contribution in [0.15, 0.2) is 23.1 Å². The highest BCUT2D eigenvalue weighted by Gasteiger charge is 2.34. The number of benzene rings is 1. The first-order valence-electron chi connectivity index (χ1n) is 6.59. The number of nitrogens with zero attached hydrogens (tertiary/aromatic N) is 2. The highest BCUT2D eigenvalue weighted by atomic mass is 32.2. The zero-order chi connectivity index (χ0) is 16.9. The van der Waals surface area contributed by atoms with E-state index in [0.29, 0.717) is 6.42 Å². The van der Waals surface area contributed by atoms with E-state index in [4.69, 9.17) is 0 Å². The van der Waals surface area contributed by atoms with Gasteiger partial charge < -0.3 is 4.74 Å². The monoisotopic (exact) mass is 330 g/mol. The number of carbonyl (C=O) groups is 1. The van der Waals surface area contributed by atoms with Crippen molar-refractivity contribution in [1.29, 1.82) is 0 Å². The van der Waals surface area contributed by atoms with Crippen LogP contribution in [0.1, 0.15) is 30.1 Å². The van der Waals surface area contributed by atoms with Crippen LogP contribution < -0.4 is 0 Å². The molecule has 0 saturated heterocycles. The van der Waals surface area contributed by atoms with E-state index < -0.39 is 31.5 Å². The Hall–Kier alpha value is -2.00. The summed E-state index contributed by atoms with van der Waals surface area (Å²) >= 11 is 0. The van der Waals surface area contributed by atoms with Crippen molar-refractivity contribution < 1.29 is 22.9 Å². The summed E-state index contributed by atoms with van der Waals surface area (Å²) in [6.45, 7) is 2.09. The lowest BCUT2D eigenvalue weighted by molar-refractivity contribution is -0.387. The van der Waals surface area contributed by atoms with Crippen LogP contribution in [0.25, 0.3) is 0 Å². The Bertz CT molecular complexity index is 671. The van der Waals surface area contributed by atoms with Crippen LogP contribution in [-0.2, 0) is 14.8 Å². The van der Waals surface area contributed by atoms with Crippen molar-refractivity contribution in [2.45, 2.75) is 24.7 Å². The van der Waals surface area contributed by atoms with Gasteiger partial charge in [-0.3, -0.25) is 10.1 Å². The van der Waals surface area contributed by atoms with E-state index in [1.165, 1.54) is 19.2 Å². The van der Waals surface area contributed by atoms with Gasteiger partial charge in [-0.05, 0) is 12.5 Å². The Kier molecular flexibility index (Phi) is 6.01. The maximum atomic E-state index is 12.6. The molecule has 0 aliphatic carbocycles. The third-order valence-corrected chi connectivity index (χ3v) is 5.04. The Balaban J connectivity index is 3.54. The van der Waals surface area contributed by atoms with Crippen molar-refractivity contribution in [3.63, 3.8) is 0 Å². The van der Waals surface area contributed by atoms with Gasteiger partial charge in [0.2, 0.25) is 0 Å². The van der Waals surface area contributed by atoms with Gasteiger partial charge in [-0.2, -0.15) is 0 Å². The van der Waals surface area contributed by atoms with Gasteiger partial charge >= 0.3 is 5.97 Å². The molecule has 1 aromatic carbocycles. The number of esters is 1. The highest BCUT2D eigenvalue weighted by molar-refractivity contribution is 7.89. The van der Waals surface area contributed by atoms with Crippen LogP contribution >= 0.6 is 0 Å². The number of hydrogen-bond donors (Lipinski definition) is 0. The molecule has 0 N–H and O–H groups in total. The normalized spacial score (nSPS) is 11.5. The molecule has 0 heterocycles. The fourth-order valence-corrected chi connectivity index (χ4v) is 3.38. The highest BCUT2D eigenvalue weighted by Crippen LogP contribution is 2.30. The molecular formula is C13H18N2O6S. The van der Waals surface area contributed by atoms with Gasteiger partial charge in [0.25, 0.3) is 15.7 Å². The lowest BCUT2D eigenvalue weighted by Gasteiger charge is -2.18. The molecule has 0 spiro atoms. The number of hydrogen-bond acceptors (Lipinski definition) is 6. The maximum Gasteiger partial charge on any atom is 0.339 e. The third-order valence-electron chi connectivity index (χ3n) is 3.09. The lowest BCUT2D eigenvalue weighted by Crippen LogP contribution is -2.30. The summed E-state index contributed by atoms with van der Waals surface area (Å²) < 4.78 is 30.8. The fraction of sp³-hybridized carbons (Fsp3) is 0.462. The van der Waals surface area contributed by atoms with Crippen LogP contribution in [0.2, 0.25) is 0 Å². The summed E-state index contributed by atoms with van der Waals surface area (Å²) in [7, 11) is -1.78. The number of carbonyl (C=O) groups excluding carboxylic acids is 1. The van der Waals surface area contributed by atoms with Crippen molar-refractivity contribution in [1.82, 2.24) is 4.31 Å². The van der Waals surface area contributed by atoms with Gasteiger partial charge in [0, 0.05) is 19.7 Å². The van der Waals surface area contributed by atoms with Crippen molar-refractivity contribution in [2.24, 2.45) is 0 Å². The Labute approximate surface area is 128 Å². The number of methoxy groups -OCH3 is 1. The first-order chi connectivity index (χ1) is 10.3. The first-order valence-corrected chi connectivity index (χ1v) is 8.03. The molecule has 9 heteroatoms. The second-order valence-electron chi connectivity index (χ2n) is 4.58. The molecule has 0 amide bonds. The number of unbranched alkanes of at least 4 members (excludes halogenated alkanes) is 1. The Morgan fingerprint density at radius 1 is 1.41 bits per heavy atom. The second-order valence-corrected chi connectivity index (χ2v) is 6.56. The molecule has 0 fully saturated rings. The smallest absolute Gasteiger partial charge is 0.339 e. The van der Waals surface area contributed by atoms with E-state index in [-0.39, 0.29) is 12.1 Å². The molecule has 1 rings (SSSR count). The van der Waals surface area contributed by atoms with Gasteiger partial charge in [0.15, 0.2) is 4.90 Å². The summed E-state index contributed by atoms with van der Waals surface area (Å²) in [6.07, 6.45) is 1.37. The summed E-state index contributed by atoms with van der Waals surface area (Å²) in [5.41, 5.74) is -0.994. The molecule has 8 nitrogen and oxygen atoms in total. The molecule has 0 atom stereocenters. The van der Waals surface area contributed by atoms with Gasteiger partial charge in [-0.15, -0.1) is 0 Å². The summed E-state index contributed by atoms with van der Waals surface area (Å²) in [5, 5.41) is 11.1. The van der Waals surface area contributed by atoms with E-state index in [0.717, 1.165) is 23.9 Å². The van der Waals surface area contributed by atoms with E-state index in [2.05, 4.69) is 4.74 Å². The lowest BCUT2D eigenvalue weighted by atomic mass is 10.2. The minimum absolute atomic E-state index is 0.200. The van der Waals surface area contributed by atoms with Gasteiger partial charge in [0.1, 0.15) is 0 Å². The van der Waals surface area contributed by atoms with Gasteiger partial charge in [0.05, 0.1) is 17.6 Å². The molecule has 122 valence electrons. The molecule has 22 heavy (non-hydrogen) atoms. The summed E-state index contributed by atoms with van der Waals surface area (Å²) in [4.78, 5) is 21.4. The van der Waals surface area contributed by atoms with Crippen molar-refractivity contribution >= 4 is 21.7 Å². The molecule has 0 unspecified atom stereocenters. The van der Waals surface area contributed by atoms with Crippen molar-refractivity contribution in [3.05, 3.63) is 33.9 Å².